The van der Waals surface area contributed by atoms with E-state index < -0.39 is 18.1 Å². The summed E-state index contributed by atoms with van der Waals surface area (Å²) < 4.78 is 4.63. The van der Waals surface area contributed by atoms with Crippen molar-refractivity contribution in [2.75, 3.05) is 13.7 Å². The zero-order chi connectivity index (χ0) is 11.4. The highest BCUT2D eigenvalue weighted by molar-refractivity contribution is 14.1. The minimum absolute atomic E-state index is 0.0136. The van der Waals surface area contributed by atoms with Crippen LogP contribution < -0.4 is 0 Å². The van der Waals surface area contributed by atoms with Gasteiger partial charge in [0.05, 0.1) is 19.4 Å². The summed E-state index contributed by atoms with van der Waals surface area (Å²) in [6.45, 7) is 0.472. The van der Waals surface area contributed by atoms with Crippen LogP contribution in [0.5, 0.6) is 0 Å². The molecule has 0 saturated carbocycles. The van der Waals surface area contributed by atoms with Crippen molar-refractivity contribution in [1.29, 1.82) is 0 Å². The van der Waals surface area contributed by atoms with Gasteiger partial charge < -0.3 is 19.4 Å². The first kappa shape index (κ1) is 12.9. The molecule has 0 aromatic rings. The van der Waals surface area contributed by atoms with E-state index in [-0.39, 0.29) is 3.92 Å². The molecule has 1 heterocycles. The molecule has 1 aliphatic heterocycles. The van der Waals surface area contributed by atoms with Crippen molar-refractivity contribution in [3.05, 3.63) is 0 Å². The van der Waals surface area contributed by atoms with Gasteiger partial charge in [0.15, 0.2) is 0 Å². The Morgan fingerprint density at radius 2 is 2.40 bits per heavy atom. The van der Waals surface area contributed by atoms with Gasteiger partial charge in [-0.05, 0) is 6.42 Å². The fourth-order valence-electron chi connectivity index (χ4n) is 1.57. The molecule has 0 unspecified atom stereocenters. The molecule has 1 aliphatic rings. The number of hydrogen-bond donors (Lipinski definition) is 1. The standard InChI is InChI=1S/C8H12BINO4/c1-15-8(14)6-2-7(13)5(10)3-11(6)9-4-12/h4-7,13H,2-3H2,1H3/t5-,6-,7-/m0/s1. The highest BCUT2D eigenvalue weighted by Gasteiger charge is 2.37. The number of carbonyl (C=O) groups excluding carboxylic acids is 2. The van der Waals surface area contributed by atoms with Crippen LogP contribution in [0.4, 0.5) is 0 Å². The number of nitrogens with zero attached hydrogens (tertiary/aromatic N) is 1. The largest absolute Gasteiger partial charge is 0.468 e. The number of hydrogen-bond acceptors (Lipinski definition) is 5. The number of aliphatic hydroxyl groups excluding tert-OH is 1. The number of carbonyl (C=O) groups is 2. The maximum absolute atomic E-state index is 11.4. The van der Waals surface area contributed by atoms with Gasteiger partial charge >= 0.3 is 5.97 Å². The van der Waals surface area contributed by atoms with E-state index in [1.807, 2.05) is 0 Å². The van der Waals surface area contributed by atoms with Gasteiger partial charge in [-0.2, -0.15) is 0 Å². The molecule has 0 aliphatic carbocycles. The first-order valence-corrected chi connectivity index (χ1v) is 5.79. The molecule has 0 aromatic carbocycles. The number of esters is 1. The molecule has 1 fully saturated rings. The monoisotopic (exact) mass is 324 g/mol. The Balaban J connectivity index is 2.71. The summed E-state index contributed by atoms with van der Waals surface area (Å²) in [5.41, 5.74) is 0. The first-order valence-electron chi connectivity index (χ1n) is 4.54. The Morgan fingerprint density at radius 3 is 2.93 bits per heavy atom. The number of aliphatic hydroxyl groups is 1. The molecule has 3 atom stereocenters. The molecule has 5 nitrogen and oxygen atoms in total. The molecule has 15 heavy (non-hydrogen) atoms. The average Bonchev–Trinajstić information content (AvgIpc) is 2.22. The lowest BCUT2D eigenvalue weighted by molar-refractivity contribution is -0.147. The quantitative estimate of drug-likeness (QED) is 0.242. The van der Waals surface area contributed by atoms with Crippen LogP contribution in [0.15, 0.2) is 0 Å². The van der Waals surface area contributed by atoms with Gasteiger partial charge in [-0.15, -0.1) is 0 Å². The van der Waals surface area contributed by atoms with Crippen LogP contribution >= 0.6 is 22.6 Å². The maximum Gasteiger partial charge on any atom is 0.322 e. The first-order chi connectivity index (χ1) is 7.10. The molecule has 0 aromatic heterocycles. The van der Waals surface area contributed by atoms with Crippen LogP contribution in [0.3, 0.4) is 0 Å². The van der Waals surface area contributed by atoms with Crippen LogP contribution in [-0.4, -0.2) is 59.2 Å². The second-order valence-corrected chi connectivity index (χ2v) is 4.94. The molecular formula is C8H12BINO4. The van der Waals surface area contributed by atoms with Crippen molar-refractivity contribution >= 4 is 42.2 Å². The van der Waals surface area contributed by atoms with E-state index in [1.54, 1.807) is 4.81 Å². The Morgan fingerprint density at radius 1 is 1.73 bits per heavy atom. The summed E-state index contributed by atoms with van der Waals surface area (Å²) in [5, 5.41) is 9.63. The number of ether oxygens (including phenoxy) is 1. The molecular weight excluding hydrogens is 312 g/mol. The summed E-state index contributed by atoms with van der Waals surface area (Å²) in [6, 6.07) is -0.554. The van der Waals surface area contributed by atoms with Gasteiger partial charge in [-0.3, -0.25) is 4.79 Å². The second kappa shape index (κ2) is 5.81. The lowest BCUT2D eigenvalue weighted by Crippen LogP contribution is -2.55. The summed E-state index contributed by atoms with van der Waals surface area (Å²) in [4.78, 5) is 23.4. The third-order valence-electron chi connectivity index (χ3n) is 2.39. The predicted octanol–water partition coefficient (Wildman–Crippen LogP) is -0.792. The zero-order valence-corrected chi connectivity index (χ0v) is 10.5. The average molecular weight is 324 g/mol. The van der Waals surface area contributed by atoms with Crippen molar-refractivity contribution in [2.45, 2.75) is 22.5 Å². The van der Waals surface area contributed by atoms with E-state index in [1.165, 1.54) is 14.5 Å². The molecule has 1 radical (unpaired) electrons. The van der Waals surface area contributed by atoms with E-state index in [0.717, 1.165) is 0 Å². The number of alkyl halides is 1. The van der Waals surface area contributed by atoms with Gasteiger partial charge in [0, 0.05) is 10.5 Å². The van der Waals surface area contributed by atoms with Gasteiger partial charge in [0.25, 0.3) is 7.41 Å². The summed E-state index contributed by atoms with van der Waals surface area (Å²) in [5.74, 6) is -0.421. The summed E-state index contributed by atoms with van der Waals surface area (Å²) in [6.07, 6.45) is 0.396. The van der Waals surface area contributed by atoms with E-state index in [0.29, 0.717) is 19.2 Å². The van der Waals surface area contributed by atoms with Crippen molar-refractivity contribution in [1.82, 2.24) is 4.81 Å². The van der Waals surface area contributed by atoms with Gasteiger partial charge in [0.2, 0.25) is 0 Å². The van der Waals surface area contributed by atoms with Gasteiger partial charge in [-0.25, -0.2) is 0 Å². The van der Waals surface area contributed by atoms with Gasteiger partial charge in [0.1, 0.15) is 6.04 Å². The molecule has 1 saturated heterocycles. The SMILES string of the molecule is COC(=O)[C@@H]1C[C@H](O)[C@@H](I)CN1[B]C=O. The zero-order valence-electron chi connectivity index (χ0n) is 8.30. The predicted molar refractivity (Wildman–Crippen MR) is 63.4 cm³/mol. The van der Waals surface area contributed by atoms with Crippen LogP contribution in [0.1, 0.15) is 6.42 Å². The van der Waals surface area contributed by atoms with Crippen LogP contribution in [-0.2, 0) is 14.3 Å². The van der Waals surface area contributed by atoms with Crippen LogP contribution in [0, 0.1) is 0 Å². The Kier molecular flexibility index (Phi) is 5.00. The van der Waals surface area contributed by atoms with E-state index >= 15 is 0 Å². The highest BCUT2D eigenvalue weighted by Crippen LogP contribution is 2.23. The molecule has 0 spiro atoms. The Hall–Kier alpha value is -0.145. The second-order valence-electron chi connectivity index (χ2n) is 3.34. The van der Waals surface area contributed by atoms with Crippen LogP contribution in [0.25, 0.3) is 0 Å². The van der Waals surface area contributed by atoms with Gasteiger partial charge in [-0.1, -0.05) is 22.6 Å². The van der Waals surface area contributed by atoms with Crippen molar-refractivity contribution in [3.8, 4) is 0 Å². The number of methoxy groups -OCH3 is 1. The summed E-state index contributed by atoms with van der Waals surface area (Å²) in [7, 11) is 2.61. The lowest BCUT2D eigenvalue weighted by Gasteiger charge is -2.37. The van der Waals surface area contributed by atoms with E-state index in [4.69, 9.17) is 0 Å². The Labute approximate surface area is 103 Å². The van der Waals surface area contributed by atoms with Crippen LogP contribution in [0.2, 0.25) is 0 Å². The minimum Gasteiger partial charge on any atom is -0.468 e. The Bertz CT molecular complexity index is 253. The molecule has 1 N–H and O–H groups in total. The smallest absolute Gasteiger partial charge is 0.322 e. The fraction of sp³-hybridized carbons (Fsp3) is 0.750. The molecule has 0 amide bonds. The lowest BCUT2D eigenvalue weighted by atomic mass is 9.86. The molecule has 7 heteroatoms. The molecule has 0 bridgehead atoms. The third kappa shape index (κ3) is 3.15. The fourth-order valence-corrected chi connectivity index (χ4v) is 2.32. The van der Waals surface area contributed by atoms with E-state index in [2.05, 4.69) is 27.3 Å². The van der Waals surface area contributed by atoms with E-state index in [9.17, 15) is 14.7 Å². The highest BCUT2D eigenvalue weighted by atomic mass is 127. The number of rotatable bonds is 3. The van der Waals surface area contributed by atoms with Crippen molar-refractivity contribution in [3.63, 3.8) is 0 Å². The number of halogens is 1. The molecule has 83 valence electrons. The maximum atomic E-state index is 11.4. The van der Waals surface area contributed by atoms with Crippen molar-refractivity contribution in [2.24, 2.45) is 0 Å². The third-order valence-corrected chi connectivity index (χ3v) is 3.62. The molecule has 1 rings (SSSR count). The normalized spacial score (nSPS) is 32.1. The summed E-state index contributed by atoms with van der Waals surface area (Å²) >= 11 is 2.10. The number of piperidine rings is 1. The topological polar surface area (TPSA) is 66.8 Å². The minimum atomic E-state index is -0.554. The van der Waals surface area contributed by atoms with Crippen molar-refractivity contribution < 1.29 is 19.4 Å².